The second kappa shape index (κ2) is 3.50. The van der Waals surface area contributed by atoms with E-state index in [0.29, 0.717) is 6.54 Å². The highest BCUT2D eigenvalue weighted by molar-refractivity contribution is 6.31. The van der Waals surface area contributed by atoms with E-state index >= 15 is 0 Å². The zero-order valence-electron chi connectivity index (χ0n) is 7.88. The van der Waals surface area contributed by atoms with Crippen molar-refractivity contribution in [2.45, 2.75) is 6.92 Å². The second-order valence-corrected chi connectivity index (χ2v) is 3.72. The molecule has 1 N–H and O–H groups in total. The Morgan fingerprint density at radius 1 is 1.50 bits per heavy atom. The molecule has 1 fully saturated rings. The summed E-state index contributed by atoms with van der Waals surface area (Å²) in [5, 5.41) is 3.49. The van der Waals surface area contributed by atoms with Crippen LogP contribution in [0.25, 0.3) is 0 Å². The van der Waals surface area contributed by atoms with Gasteiger partial charge >= 0.3 is 6.03 Å². The average Bonchev–Trinajstić information content (AvgIpc) is 2.57. The minimum Gasteiger partial charge on any atom is -0.336 e. The largest absolute Gasteiger partial charge is 0.336 e. The van der Waals surface area contributed by atoms with Gasteiger partial charge in [-0.05, 0) is 30.7 Å². The molecule has 2 rings (SSSR count). The van der Waals surface area contributed by atoms with Crippen LogP contribution in [-0.2, 0) is 0 Å². The summed E-state index contributed by atoms with van der Waals surface area (Å²) >= 11 is 5.90. The van der Waals surface area contributed by atoms with E-state index < -0.39 is 0 Å². The van der Waals surface area contributed by atoms with Crippen molar-refractivity contribution >= 4 is 23.3 Å². The Balaban J connectivity index is 2.32. The van der Waals surface area contributed by atoms with Gasteiger partial charge in [0.25, 0.3) is 0 Å². The molecule has 3 nitrogen and oxygen atoms in total. The number of nitrogens with zero attached hydrogens (tertiary/aromatic N) is 1. The molecular formula is C10H11ClN2O. The highest BCUT2D eigenvalue weighted by atomic mass is 35.5. The summed E-state index contributed by atoms with van der Waals surface area (Å²) in [4.78, 5) is 13.1. The molecule has 0 spiro atoms. The zero-order chi connectivity index (χ0) is 10.1. The Kier molecular flexibility index (Phi) is 2.33. The number of carbonyl (C=O) groups excluding carboxylic acids is 1. The van der Waals surface area contributed by atoms with Gasteiger partial charge in [0.2, 0.25) is 0 Å². The fourth-order valence-corrected chi connectivity index (χ4v) is 1.63. The maximum Gasteiger partial charge on any atom is 0.321 e. The molecular weight excluding hydrogens is 200 g/mol. The maximum absolute atomic E-state index is 11.4. The lowest BCUT2D eigenvalue weighted by molar-refractivity contribution is 0.252. The number of hydrogen-bond acceptors (Lipinski definition) is 1. The van der Waals surface area contributed by atoms with Crippen LogP contribution < -0.4 is 10.2 Å². The Bertz CT molecular complexity index is 378. The van der Waals surface area contributed by atoms with Crippen LogP contribution in [0.2, 0.25) is 5.02 Å². The Morgan fingerprint density at radius 3 is 2.86 bits per heavy atom. The number of halogens is 1. The zero-order valence-corrected chi connectivity index (χ0v) is 8.64. The number of carbonyl (C=O) groups is 1. The number of anilines is 1. The van der Waals surface area contributed by atoms with Gasteiger partial charge in [-0.15, -0.1) is 0 Å². The fourth-order valence-electron chi connectivity index (χ4n) is 1.51. The van der Waals surface area contributed by atoms with Gasteiger partial charge in [0.15, 0.2) is 0 Å². The predicted molar refractivity (Wildman–Crippen MR) is 56.9 cm³/mol. The lowest BCUT2D eigenvalue weighted by Gasteiger charge is -2.14. The van der Waals surface area contributed by atoms with Crippen LogP contribution in [0.1, 0.15) is 5.56 Å². The molecule has 1 aliphatic heterocycles. The molecule has 74 valence electrons. The minimum atomic E-state index is -0.0354. The number of rotatable bonds is 1. The molecule has 14 heavy (non-hydrogen) atoms. The van der Waals surface area contributed by atoms with E-state index in [4.69, 9.17) is 11.6 Å². The van der Waals surface area contributed by atoms with E-state index in [1.807, 2.05) is 25.1 Å². The Hall–Kier alpha value is -1.22. The van der Waals surface area contributed by atoms with Gasteiger partial charge in [-0.25, -0.2) is 4.79 Å². The highest BCUT2D eigenvalue weighted by Crippen LogP contribution is 2.23. The monoisotopic (exact) mass is 210 g/mol. The summed E-state index contributed by atoms with van der Waals surface area (Å²) in [6, 6.07) is 5.57. The van der Waals surface area contributed by atoms with Crippen molar-refractivity contribution in [3.63, 3.8) is 0 Å². The molecule has 1 aromatic rings. The van der Waals surface area contributed by atoms with Crippen molar-refractivity contribution in [1.82, 2.24) is 5.32 Å². The standard InChI is InChI=1S/C10H11ClN2O/c1-7-6-8(2-3-9(7)11)13-5-4-12-10(13)14/h2-3,6H,4-5H2,1H3,(H,12,14). The quantitative estimate of drug-likeness (QED) is 0.757. The summed E-state index contributed by atoms with van der Waals surface area (Å²) < 4.78 is 0. The lowest BCUT2D eigenvalue weighted by Crippen LogP contribution is -2.27. The molecule has 0 aliphatic carbocycles. The topological polar surface area (TPSA) is 32.3 Å². The van der Waals surface area contributed by atoms with Crippen molar-refractivity contribution in [3.8, 4) is 0 Å². The number of aryl methyl sites for hydroxylation is 1. The number of amides is 2. The van der Waals surface area contributed by atoms with Gasteiger partial charge in [-0.2, -0.15) is 0 Å². The van der Waals surface area contributed by atoms with Crippen molar-refractivity contribution in [2.75, 3.05) is 18.0 Å². The molecule has 0 saturated carbocycles. The van der Waals surface area contributed by atoms with Crippen LogP contribution in [0.3, 0.4) is 0 Å². The normalized spacial score (nSPS) is 15.9. The first kappa shape index (κ1) is 9.34. The van der Waals surface area contributed by atoms with Gasteiger partial charge in [-0.3, -0.25) is 4.90 Å². The van der Waals surface area contributed by atoms with Gasteiger partial charge in [-0.1, -0.05) is 11.6 Å². The smallest absolute Gasteiger partial charge is 0.321 e. The van der Waals surface area contributed by atoms with E-state index in [-0.39, 0.29) is 6.03 Å². The van der Waals surface area contributed by atoms with Crippen LogP contribution in [-0.4, -0.2) is 19.1 Å². The predicted octanol–water partition coefficient (Wildman–Crippen LogP) is 2.18. The van der Waals surface area contributed by atoms with Crippen molar-refractivity contribution in [2.24, 2.45) is 0 Å². The van der Waals surface area contributed by atoms with E-state index in [0.717, 1.165) is 22.8 Å². The molecule has 0 unspecified atom stereocenters. The summed E-state index contributed by atoms with van der Waals surface area (Å²) in [5.74, 6) is 0. The van der Waals surface area contributed by atoms with Gasteiger partial charge in [0.05, 0.1) is 0 Å². The van der Waals surface area contributed by atoms with Crippen LogP contribution in [0.5, 0.6) is 0 Å². The number of nitrogens with one attached hydrogen (secondary N) is 1. The van der Waals surface area contributed by atoms with Crippen LogP contribution >= 0.6 is 11.6 Å². The van der Waals surface area contributed by atoms with Crippen molar-refractivity contribution < 1.29 is 4.79 Å². The molecule has 1 aliphatic rings. The van der Waals surface area contributed by atoms with E-state index in [1.54, 1.807) is 4.90 Å². The van der Waals surface area contributed by atoms with Crippen molar-refractivity contribution in [3.05, 3.63) is 28.8 Å². The molecule has 1 saturated heterocycles. The van der Waals surface area contributed by atoms with Crippen molar-refractivity contribution in [1.29, 1.82) is 0 Å². The molecule has 1 heterocycles. The Labute approximate surface area is 87.7 Å². The third kappa shape index (κ3) is 1.55. The summed E-state index contributed by atoms with van der Waals surface area (Å²) in [5.41, 5.74) is 1.89. The SMILES string of the molecule is Cc1cc(N2CCNC2=O)ccc1Cl. The molecule has 2 amide bonds. The number of urea groups is 1. The molecule has 0 atom stereocenters. The Morgan fingerprint density at radius 2 is 2.29 bits per heavy atom. The average molecular weight is 211 g/mol. The molecule has 0 radical (unpaired) electrons. The number of hydrogen-bond donors (Lipinski definition) is 1. The van der Waals surface area contributed by atoms with Gasteiger partial charge in [0, 0.05) is 23.8 Å². The first-order valence-electron chi connectivity index (χ1n) is 4.50. The van der Waals surface area contributed by atoms with Gasteiger partial charge < -0.3 is 5.32 Å². The van der Waals surface area contributed by atoms with E-state index in [1.165, 1.54) is 0 Å². The fraction of sp³-hybridized carbons (Fsp3) is 0.300. The number of benzene rings is 1. The third-order valence-corrected chi connectivity index (χ3v) is 2.73. The molecule has 0 aromatic heterocycles. The first-order valence-corrected chi connectivity index (χ1v) is 4.88. The van der Waals surface area contributed by atoms with E-state index in [9.17, 15) is 4.79 Å². The minimum absolute atomic E-state index is 0.0354. The lowest BCUT2D eigenvalue weighted by atomic mass is 10.2. The maximum atomic E-state index is 11.4. The second-order valence-electron chi connectivity index (χ2n) is 3.32. The van der Waals surface area contributed by atoms with Crippen LogP contribution in [0.4, 0.5) is 10.5 Å². The summed E-state index contributed by atoms with van der Waals surface area (Å²) in [7, 11) is 0. The van der Waals surface area contributed by atoms with Gasteiger partial charge in [0.1, 0.15) is 0 Å². The van der Waals surface area contributed by atoms with E-state index in [2.05, 4.69) is 5.32 Å². The third-order valence-electron chi connectivity index (χ3n) is 2.31. The molecule has 1 aromatic carbocycles. The van der Waals surface area contributed by atoms with Crippen LogP contribution in [0.15, 0.2) is 18.2 Å². The first-order chi connectivity index (χ1) is 6.68. The molecule has 0 bridgehead atoms. The summed E-state index contributed by atoms with van der Waals surface area (Å²) in [6.45, 7) is 3.36. The summed E-state index contributed by atoms with van der Waals surface area (Å²) in [6.07, 6.45) is 0. The molecule has 4 heteroatoms. The van der Waals surface area contributed by atoms with Crippen LogP contribution in [0, 0.1) is 6.92 Å². The highest BCUT2D eigenvalue weighted by Gasteiger charge is 2.20.